The first-order chi connectivity index (χ1) is 4.79. The molecule has 0 amide bonds. The van der Waals surface area contributed by atoms with Crippen molar-refractivity contribution >= 4 is 5.97 Å². The Labute approximate surface area is 59.9 Å². The van der Waals surface area contributed by atoms with Gasteiger partial charge in [-0.3, -0.25) is 0 Å². The molecule has 1 aliphatic carbocycles. The molecule has 0 heterocycles. The van der Waals surface area contributed by atoms with Gasteiger partial charge >= 0.3 is 5.97 Å². The lowest BCUT2D eigenvalue weighted by Gasteiger charge is -1.95. The van der Waals surface area contributed by atoms with Gasteiger partial charge in [-0.25, -0.2) is 4.79 Å². The Kier molecular flexibility index (Phi) is 2.26. The molecule has 1 atom stereocenters. The fraction of sp³-hybridized carbons (Fsp3) is 0.375. The van der Waals surface area contributed by atoms with E-state index in [1.807, 2.05) is 6.08 Å². The maximum Gasteiger partial charge on any atom is 0.327 e. The predicted octanol–water partition coefficient (Wildman–Crippen LogP) is 1.59. The van der Waals surface area contributed by atoms with Crippen LogP contribution in [-0.2, 0) is 4.79 Å². The molecular formula is C8H10O2. The standard InChI is InChI=1S/C8H10O2/c9-8(10)6-5-7-3-1-2-4-7/h1,3,5-7H,2,4H2,(H,9,10)/b6-5+. The van der Waals surface area contributed by atoms with E-state index >= 15 is 0 Å². The van der Waals surface area contributed by atoms with Crippen LogP contribution in [0.3, 0.4) is 0 Å². The fourth-order valence-corrected chi connectivity index (χ4v) is 1.02. The van der Waals surface area contributed by atoms with Crippen molar-refractivity contribution in [1.29, 1.82) is 0 Å². The Morgan fingerprint density at radius 1 is 1.70 bits per heavy atom. The van der Waals surface area contributed by atoms with Gasteiger partial charge in [0, 0.05) is 6.08 Å². The van der Waals surface area contributed by atoms with E-state index in [4.69, 9.17) is 5.11 Å². The number of carboxylic acid groups (broad SMARTS) is 1. The van der Waals surface area contributed by atoms with Crippen molar-refractivity contribution in [3.05, 3.63) is 24.3 Å². The maximum absolute atomic E-state index is 10.0. The summed E-state index contributed by atoms with van der Waals surface area (Å²) in [5.41, 5.74) is 0. The second-order valence-corrected chi connectivity index (χ2v) is 2.37. The molecule has 0 saturated heterocycles. The second-order valence-electron chi connectivity index (χ2n) is 2.37. The summed E-state index contributed by atoms with van der Waals surface area (Å²) < 4.78 is 0. The average Bonchev–Trinajstić information content (AvgIpc) is 2.34. The maximum atomic E-state index is 10.0. The van der Waals surface area contributed by atoms with E-state index in [0.29, 0.717) is 5.92 Å². The van der Waals surface area contributed by atoms with Crippen LogP contribution < -0.4 is 0 Å². The Hall–Kier alpha value is -1.05. The van der Waals surface area contributed by atoms with Gasteiger partial charge in [-0.1, -0.05) is 18.2 Å². The molecule has 1 N–H and O–H groups in total. The summed E-state index contributed by atoms with van der Waals surface area (Å²) in [4.78, 5) is 10.0. The van der Waals surface area contributed by atoms with Gasteiger partial charge in [0.1, 0.15) is 0 Å². The van der Waals surface area contributed by atoms with Gasteiger partial charge in [0.2, 0.25) is 0 Å². The second kappa shape index (κ2) is 3.20. The molecule has 0 bridgehead atoms. The van der Waals surface area contributed by atoms with Crippen LogP contribution in [-0.4, -0.2) is 11.1 Å². The molecule has 2 nitrogen and oxygen atoms in total. The normalized spacial score (nSPS) is 24.2. The quantitative estimate of drug-likeness (QED) is 0.464. The zero-order valence-electron chi connectivity index (χ0n) is 5.66. The third-order valence-corrected chi connectivity index (χ3v) is 1.54. The molecule has 0 aromatic carbocycles. The number of allylic oxidation sites excluding steroid dienone is 3. The molecule has 1 unspecified atom stereocenters. The zero-order chi connectivity index (χ0) is 7.40. The summed E-state index contributed by atoms with van der Waals surface area (Å²) in [7, 11) is 0. The Bertz CT molecular complexity index is 180. The van der Waals surface area contributed by atoms with Crippen molar-refractivity contribution in [2.45, 2.75) is 12.8 Å². The lowest BCUT2D eigenvalue weighted by atomic mass is 10.1. The van der Waals surface area contributed by atoms with Crippen LogP contribution >= 0.6 is 0 Å². The highest BCUT2D eigenvalue weighted by Gasteiger charge is 2.04. The van der Waals surface area contributed by atoms with Crippen molar-refractivity contribution in [3.63, 3.8) is 0 Å². The fourth-order valence-electron chi connectivity index (χ4n) is 1.02. The van der Waals surface area contributed by atoms with Crippen molar-refractivity contribution < 1.29 is 9.90 Å². The number of rotatable bonds is 2. The van der Waals surface area contributed by atoms with Crippen LogP contribution in [0.1, 0.15) is 12.8 Å². The lowest BCUT2D eigenvalue weighted by Crippen LogP contribution is -1.90. The summed E-state index contributed by atoms with van der Waals surface area (Å²) in [5, 5.41) is 8.26. The van der Waals surface area contributed by atoms with Crippen molar-refractivity contribution in [2.24, 2.45) is 5.92 Å². The van der Waals surface area contributed by atoms with Gasteiger partial charge in [0.25, 0.3) is 0 Å². The van der Waals surface area contributed by atoms with E-state index in [1.165, 1.54) is 6.08 Å². The third-order valence-electron chi connectivity index (χ3n) is 1.54. The van der Waals surface area contributed by atoms with E-state index in [0.717, 1.165) is 12.8 Å². The van der Waals surface area contributed by atoms with Gasteiger partial charge in [-0.2, -0.15) is 0 Å². The molecule has 0 aromatic heterocycles. The number of carboxylic acids is 1. The molecule has 0 fully saturated rings. The van der Waals surface area contributed by atoms with Gasteiger partial charge in [0.05, 0.1) is 0 Å². The van der Waals surface area contributed by atoms with Crippen LogP contribution in [0, 0.1) is 5.92 Å². The molecule has 0 saturated carbocycles. The number of carbonyl (C=O) groups is 1. The predicted molar refractivity (Wildman–Crippen MR) is 38.6 cm³/mol. The Morgan fingerprint density at radius 3 is 3.00 bits per heavy atom. The molecule has 2 heteroatoms. The molecule has 0 aromatic rings. The smallest absolute Gasteiger partial charge is 0.327 e. The van der Waals surface area contributed by atoms with Crippen LogP contribution in [0.15, 0.2) is 24.3 Å². The van der Waals surface area contributed by atoms with Gasteiger partial charge in [-0.15, -0.1) is 0 Å². The van der Waals surface area contributed by atoms with E-state index in [9.17, 15) is 4.79 Å². The minimum atomic E-state index is -0.861. The highest BCUT2D eigenvalue weighted by atomic mass is 16.4. The topological polar surface area (TPSA) is 37.3 Å². The zero-order valence-corrected chi connectivity index (χ0v) is 5.66. The summed E-state index contributed by atoms with van der Waals surface area (Å²) in [6, 6.07) is 0. The Morgan fingerprint density at radius 2 is 2.50 bits per heavy atom. The number of aliphatic carboxylic acids is 1. The highest BCUT2D eigenvalue weighted by Crippen LogP contribution is 2.17. The van der Waals surface area contributed by atoms with Crippen molar-refractivity contribution in [1.82, 2.24) is 0 Å². The minimum absolute atomic E-state index is 0.357. The molecule has 0 spiro atoms. The van der Waals surface area contributed by atoms with Crippen molar-refractivity contribution in [3.8, 4) is 0 Å². The molecule has 0 radical (unpaired) electrons. The molecule has 54 valence electrons. The summed E-state index contributed by atoms with van der Waals surface area (Å²) in [5.74, 6) is -0.503. The van der Waals surface area contributed by atoms with Gasteiger partial charge < -0.3 is 5.11 Å². The van der Waals surface area contributed by atoms with Crippen LogP contribution in [0.25, 0.3) is 0 Å². The van der Waals surface area contributed by atoms with Gasteiger partial charge in [0.15, 0.2) is 0 Å². The first-order valence-corrected chi connectivity index (χ1v) is 3.37. The van der Waals surface area contributed by atoms with Crippen LogP contribution in [0.5, 0.6) is 0 Å². The molecule has 0 aliphatic heterocycles. The first kappa shape index (κ1) is 7.06. The third kappa shape index (κ3) is 2.05. The Balaban J connectivity index is 2.37. The molecule has 1 aliphatic rings. The monoisotopic (exact) mass is 138 g/mol. The first-order valence-electron chi connectivity index (χ1n) is 3.37. The number of hydrogen-bond acceptors (Lipinski definition) is 1. The molecular weight excluding hydrogens is 128 g/mol. The largest absolute Gasteiger partial charge is 0.478 e. The molecule has 1 rings (SSSR count). The summed E-state index contributed by atoms with van der Waals surface area (Å²) >= 11 is 0. The number of hydrogen-bond donors (Lipinski definition) is 1. The SMILES string of the molecule is O=C(O)/C=C/C1C=CCC1. The summed E-state index contributed by atoms with van der Waals surface area (Å²) in [6.07, 6.45) is 9.20. The molecule has 10 heavy (non-hydrogen) atoms. The minimum Gasteiger partial charge on any atom is -0.478 e. The van der Waals surface area contributed by atoms with E-state index in [1.54, 1.807) is 6.08 Å². The van der Waals surface area contributed by atoms with Crippen LogP contribution in [0.2, 0.25) is 0 Å². The van der Waals surface area contributed by atoms with Gasteiger partial charge in [-0.05, 0) is 18.8 Å². The highest BCUT2D eigenvalue weighted by molar-refractivity contribution is 5.79. The van der Waals surface area contributed by atoms with E-state index < -0.39 is 5.97 Å². The van der Waals surface area contributed by atoms with Crippen molar-refractivity contribution in [2.75, 3.05) is 0 Å². The summed E-state index contributed by atoms with van der Waals surface area (Å²) in [6.45, 7) is 0. The van der Waals surface area contributed by atoms with E-state index in [-0.39, 0.29) is 0 Å². The lowest BCUT2D eigenvalue weighted by molar-refractivity contribution is -0.131. The van der Waals surface area contributed by atoms with E-state index in [2.05, 4.69) is 6.08 Å². The average molecular weight is 138 g/mol. The van der Waals surface area contributed by atoms with Crippen LogP contribution in [0.4, 0.5) is 0 Å².